The number of piperidine rings is 1. The summed E-state index contributed by atoms with van der Waals surface area (Å²) >= 11 is 0. The molecule has 17 nitrogen and oxygen atoms in total. The molecular weight excluding hydrogens is 931 g/mol. The standard InChI is InChI=1S/C29H28N6O2.C28H33N7O2/c1-34-12-10-21(11-13-34)20-37-26-17-31-29(32-18-26)25-7-3-5-23(15-25)19-35-28(36)9-8-27(33-35)24-6-2-4-22(14-24)16-30;1-7-27(36)30-22-16-23(26(37-6)17-25(22)34(4)15-14-33(2)3)32-28-29-13-12-21(31-28)20-18-35(5)24-11-9-8-10-19(20)24/h2-9,14-15,17-18,21H,10-13,19-20H2,1H3;7-13,16-18H,1,14-15H2,2-6H3,(H,30,36)(H,29,31,32). The lowest BCUT2D eigenvalue weighted by molar-refractivity contribution is -0.111. The van der Waals surface area contributed by atoms with Crippen molar-refractivity contribution < 1.29 is 14.3 Å². The van der Waals surface area contributed by atoms with Crippen molar-refractivity contribution in [1.29, 1.82) is 5.26 Å². The normalized spacial score (nSPS) is 12.6. The van der Waals surface area contributed by atoms with E-state index < -0.39 is 0 Å². The minimum atomic E-state index is -0.299. The summed E-state index contributed by atoms with van der Waals surface area (Å²) in [6.45, 7) is 8.40. The van der Waals surface area contributed by atoms with Crippen LogP contribution in [0, 0.1) is 17.2 Å². The number of carbonyl (C=O) groups excluding carboxylic acids is 1. The van der Waals surface area contributed by atoms with Crippen molar-refractivity contribution in [3.8, 4) is 51.5 Å². The van der Waals surface area contributed by atoms with Crippen LogP contribution in [0.1, 0.15) is 24.0 Å². The van der Waals surface area contributed by atoms with E-state index in [9.17, 15) is 14.9 Å². The fourth-order valence-corrected chi connectivity index (χ4v) is 8.57. The Bertz CT molecular complexity index is 3340. The number of nitriles is 1. The predicted molar refractivity (Wildman–Crippen MR) is 292 cm³/mol. The predicted octanol–water partition coefficient (Wildman–Crippen LogP) is 8.52. The number of benzene rings is 4. The second-order valence-corrected chi connectivity index (χ2v) is 18.5. The number of aryl methyl sites for hydroxylation is 1. The van der Waals surface area contributed by atoms with Crippen LogP contribution in [-0.4, -0.2) is 118 Å². The Balaban J connectivity index is 0.000000197. The highest BCUT2D eigenvalue weighted by Gasteiger charge is 2.19. The molecule has 0 atom stereocenters. The van der Waals surface area contributed by atoms with Gasteiger partial charge in [0.15, 0.2) is 11.6 Å². The van der Waals surface area contributed by atoms with Crippen molar-refractivity contribution in [2.45, 2.75) is 19.4 Å². The van der Waals surface area contributed by atoms with Gasteiger partial charge in [0.1, 0.15) is 5.75 Å². The molecule has 1 aliphatic heterocycles. The maximum atomic E-state index is 12.5. The fraction of sp³-hybridized carbons (Fsp3) is 0.263. The minimum Gasteiger partial charge on any atom is -0.494 e. The first-order chi connectivity index (χ1) is 35.9. The number of aromatic nitrogens is 7. The van der Waals surface area contributed by atoms with Crippen LogP contribution in [0.5, 0.6) is 11.5 Å². The van der Waals surface area contributed by atoms with E-state index in [1.54, 1.807) is 50.0 Å². The Labute approximate surface area is 431 Å². The zero-order valence-electron chi connectivity index (χ0n) is 42.7. The number of rotatable bonds is 17. The number of para-hydroxylation sites is 1. The lowest BCUT2D eigenvalue weighted by Crippen LogP contribution is -2.32. The number of hydrogen-bond acceptors (Lipinski definition) is 14. The zero-order valence-corrected chi connectivity index (χ0v) is 42.7. The highest BCUT2D eigenvalue weighted by molar-refractivity contribution is 6.02. The van der Waals surface area contributed by atoms with Crippen LogP contribution in [-0.2, 0) is 18.4 Å². The highest BCUT2D eigenvalue weighted by atomic mass is 16.5. The largest absolute Gasteiger partial charge is 0.494 e. The molecule has 4 aromatic carbocycles. The summed E-state index contributed by atoms with van der Waals surface area (Å²) < 4.78 is 15.2. The molecule has 17 heteroatoms. The molecule has 4 aromatic heterocycles. The maximum Gasteiger partial charge on any atom is 0.267 e. The number of likely N-dealkylation sites (N-methyl/N-ethyl adjacent to an activating group) is 2. The van der Waals surface area contributed by atoms with Gasteiger partial charge in [0.2, 0.25) is 11.9 Å². The molecule has 1 saturated heterocycles. The molecule has 1 aliphatic rings. The van der Waals surface area contributed by atoms with Gasteiger partial charge in [-0.25, -0.2) is 24.6 Å². The number of carbonyl (C=O) groups is 1. The molecule has 0 bridgehead atoms. The van der Waals surface area contributed by atoms with Gasteiger partial charge >= 0.3 is 0 Å². The number of nitrogens with one attached hydrogen (secondary N) is 2. The molecule has 0 aliphatic carbocycles. The average Bonchev–Trinajstić information content (AvgIpc) is 3.77. The number of nitrogens with zero attached hydrogens (tertiary/aromatic N) is 11. The van der Waals surface area contributed by atoms with Crippen LogP contribution in [0.25, 0.3) is 44.8 Å². The van der Waals surface area contributed by atoms with Crippen LogP contribution < -0.4 is 30.6 Å². The van der Waals surface area contributed by atoms with Gasteiger partial charge in [-0.15, -0.1) is 0 Å². The third-order valence-electron chi connectivity index (χ3n) is 12.8. The van der Waals surface area contributed by atoms with Crippen molar-refractivity contribution in [3.05, 3.63) is 162 Å². The van der Waals surface area contributed by atoms with Crippen molar-refractivity contribution >= 4 is 39.8 Å². The molecule has 8 aromatic rings. The molecule has 9 rings (SSSR count). The molecule has 0 radical (unpaired) electrons. The SMILES string of the molecule is C=CC(=O)Nc1cc(Nc2nccc(-c3cn(C)c4ccccc34)n2)c(OC)cc1N(C)CCN(C)C.CN1CCC(COc2cnc(-c3cccc(Cn4nc(-c5cccc(C#N)c5)ccc4=O)c3)nc2)CC1. The summed E-state index contributed by atoms with van der Waals surface area (Å²) in [7, 11) is 11.8. The molecule has 74 heavy (non-hydrogen) atoms. The van der Waals surface area contributed by atoms with Crippen LogP contribution in [0.3, 0.4) is 0 Å². The lowest BCUT2D eigenvalue weighted by Gasteiger charge is -2.28. The molecule has 378 valence electrons. The van der Waals surface area contributed by atoms with Gasteiger partial charge in [0, 0.05) is 79.3 Å². The summed E-state index contributed by atoms with van der Waals surface area (Å²) in [6, 6.07) is 34.1. The maximum absolute atomic E-state index is 12.5. The van der Waals surface area contributed by atoms with Gasteiger partial charge < -0.3 is 39.4 Å². The summed E-state index contributed by atoms with van der Waals surface area (Å²) in [6.07, 6.45) is 10.8. The number of likely N-dealkylation sites (tertiary alicyclic amines) is 1. The van der Waals surface area contributed by atoms with Crippen molar-refractivity contribution in [2.75, 3.05) is 83.6 Å². The number of methoxy groups -OCH3 is 1. The molecule has 1 amide bonds. The van der Waals surface area contributed by atoms with Crippen LogP contribution in [0.2, 0.25) is 0 Å². The Hall–Kier alpha value is -8.72. The van der Waals surface area contributed by atoms with E-state index in [1.165, 1.54) is 16.8 Å². The smallest absolute Gasteiger partial charge is 0.267 e. The number of anilines is 4. The van der Waals surface area contributed by atoms with Crippen molar-refractivity contribution in [3.63, 3.8) is 0 Å². The summed E-state index contributed by atoms with van der Waals surface area (Å²) in [4.78, 5) is 49.5. The number of fused-ring (bicyclic) bond motifs is 1. The van der Waals surface area contributed by atoms with E-state index >= 15 is 0 Å². The third kappa shape index (κ3) is 13.0. The van der Waals surface area contributed by atoms with E-state index in [1.807, 2.05) is 88.9 Å². The molecular formula is C57H61N13O4. The molecule has 0 spiro atoms. The van der Waals surface area contributed by atoms with E-state index in [4.69, 9.17) is 14.5 Å². The van der Waals surface area contributed by atoms with Crippen LogP contribution >= 0.6 is 0 Å². The second kappa shape index (κ2) is 24.1. The fourth-order valence-electron chi connectivity index (χ4n) is 8.57. The van der Waals surface area contributed by atoms with E-state index in [0.717, 1.165) is 83.6 Å². The van der Waals surface area contributed by atoms with Gasteiger partial charge in [-0.3, -0.25) is 9.59 Å². The Morgan fingerprint density at radius 3 is 2.41 bits per heavy atom. The van der Waals surface area contributed by atoms with E-state index in [0.29, 0.717) is 65.0 Å². The monoisotopic (exact) mass is 991 g/mol. The summed E-state index contributed by atoms with van der Waals surface area (Å²) in [5, 5.41) is 21.0. The molecule has 0 saturated carbocycles. The second-order valence-electron chi connectivity index (χ2n) is 18.5. The van der Waals surface area contributed by atoms with Gasteiger partial charge in [-0.1, -0.05) is 55.1 Å². The number of amides is 1. The summed E-state index contributed by atoms with van der Waals surface area (Å²) in [5.41, 5.74) is 8.54. The third-order valence-corrected chi connectivity index (χ3v) is 12.8. The van der Waals surface area contributed by atoms with Gasteiger partial charge in [0.05, 0.1) is 72.7 Å². The molecule has 5 heterocycles. The number of ether oxygens (including phenoxy) is 2. The lowest BCUT2D eigenvalue weighted by atomic mass is 9.98. The molecule has 1 fully saturated rings. The topological polar surface area (TPSA) is 184 Å². The minimum absolute atomic E-state index is 0.201. The van der Waals surface area contributed by atoms with Gasteiger partial charge in [0.25, 0.3) is 5.56 Å². The van der Waals surface area contributed by atoms with E-state index in [-0.39, 0.29) is 11.5 Å². The van der Waals surface area contributed by atoms with Crippen molar-refractivity contribution in [1.82, 2.24) is 44.1 Å². The Morgan fingerprint density at radius 2 is 1.65 bits per heavy atom. The molecule has 0 unspecified atom stereocenters. The molecule has 2 N–H and O–H groups in total. The van der Waals surface area contributed by atoms with Gasteiger partial charge in [-0.05, 0) is 107 Å². The number of hydrogen-bond donors (Lipinski definition) is 2. The van der Waals surface area contributed by atoms with Gasteiger partial charge in [-0.2, -0.15) is 10.4 Å². The van der Waals surface area contributed by atoms with E-state index in [2.05, 4.69) is 88.0 Å². The van der Waals surface area contributed by atoms with Crippen molar-refractivity contribution in [2.24, 2.45) is 13.0 Å². The first-order valence-corrected chi connectivity index (χ1v) is 24.3. The highest BCUT2D eigenvalue weighted by Crippen LogP contribution is 2.38. The first-order valence-electron chi connectivity index (χ1n) is 24.3. The van der Waals surface area contributed by atoms with Crippen LogP contribution in [0.4, 0.5) is 23.0 Å². The Morgan fingerprint density at radius 1 is 0.878 bits per heavy atom. The average molecular weight is 992 g/mol. The summed E-state index contributed by atoms with van der Waals surface area (Å²) in [5.74, 6) is 2.55. The van der Waals surface area contributed by atoms with Crippen LogP contribution in [0.15, 0.2) is 145 Å². The Kier molecular flexibility index (Phi) is 16.8. The zero-order chi connectivity index (χ0) is 52.1. The first kappa shape index (κ1) is 51.6. The quantitative estimate of drug-likeness (QED) is 0.0828.